The van der Waals surface area contributed by atoms with E-state index < -0.39 is 0 Å². The standard InChI is InChI=1S/C12H24N4O2/c1-3-5-16-12(14-10-15-16)9-11(13)4-6-18-8-7-17-2/h10-11H,3-9,13H2,1-2H3. The Balaban J connectivity index is 2.22. The predicted molar refractivity (Wildman–Crippen MR) is 69.3 cm³/mol. The Kier molecular flexibility index (Phi) is 7.55. The number of hydrogen-bond acceptors (Lipinski definition) is 5. The normalized spacial score (nSPS) is 12.8. The molecule has 0 spiro atoms. The molecule has 1 rings (SSSR count). The SMILES string of the molecule is CCCn1ncnc1CC(N)CCOCCOC. The molecule has 1 atom stereocenters. The molecule has 0 saturated heterocycles. The van der Waals surface area contributed by atoms with E-state index in [4.69, 9.17) is 15.2 Å². The summed E-state index contributed by atoms with van der Waals surface area (Å²) in [5.74, 6) is 0.959. The summed E-state index contributed by atoms with van der Waals surface area (Å²) in [6.07, 6.45) is 4.20. The summed E-state index contributed by atoms with van der Waals surface area (Å²) in [4.78, 5) is 4.24. The van der Waals surface area contributed by atoms with E-state index in [1.807, 2.05) is 4.68 Å². The zero-order valence-corrected chi connectivity index (χ0v) is 11.3. The molecule has 6 heteroatoms. The van der Waals surface area contributed by atoms with Crippen LogP contribution in [0.25, 0.3) is 0 Å². The molecule has 0 aromatic carbocycles. The maximum absolute atomic E-state index is 6.05. The van der Waals surface area contributed by atoms with Gasteiger partial charge in [-0.05, 0) is 12.8 Å². The second kappa shape index (κ2) is 9.02. The number of nitrogens with two attached hydrogens (primary N) is 1. The summed E-state index contributed by atoms with van der Waals surface area (Å²) >= 11 is 0. The summed E-state index contributed by atoms with van der Waals surface area (Å²) in [5.41, 5.74) is 6.05. The fraction of sp³-hybridized carbons (Fsp3) is 0.833. The van der Waals surface area contributed by atoms with Crippen molar-refractivity contribution in [3.05, 3.63) is 12.2 Å². The highest BCUT2D eigenvalue weighted by Gasteiger charge is 2.09. The van der Waals surface area contributed by atoms with Crippen molar-refractivity contribution in [2.75, 3.05) is 26.9 Å². The van der Waals surface area contributed by atoms with Gasteiger partial charge in [0.15, 0.2) is 0 Å². The lowest BCUT2D eigenvalue weighted by Gasteiger charge is -2.12. The molecular weight excluding hydrogens is 232 g/mol. The average Bonchev–Trinajstić information content (AvgIpc) is 2.77. The van der Waals surface area contributed by atoms with E-state index in [2.05, 4.69) is 17.0 Å². The van der Waals surface area contributed by atoms with Crippen molar-refractivity contribution in [2.24, 2.45) is 5.73 Å². The first-order valence-electron chi connectivity index (χ1n) is 6.46. The summed E-state index contributed by atoms with van der Waals surface area (Å²) in [5, 5.41) is 4.18. The molecule has 0 radical (unpaired) electrons. The van der Waals surface area contributed by atoms with E-state index in [9.17, 15) is 0 Å². The molecule has 0 saturated carbocycles. The van der Waals surface area contributed by atoms with Crippen LogP contribution in [0, 0.1) is 0 Å². The van der Waals surface area contributed by atoms with Gasteiger partial charge in [-0.25, -0.2) is 4.98 Å². The van der Waals surface area contributed by atoms with E-state index in [-0.39, 0.29) is 6.04 Å². The molecule has 1 heterocycles. The van der Waals surface area contributed by atoms with Crippen molar-refractivity contribution in [3.63, 3.8) is 0 Å². The number of methoxy groups -OCH3 is 1. The Hall–Kier alpha value is -0.980. The molecular formula is C12H24N4O2. The molecule has 6 nitrogen and oxygen atoms in total. The van der Waals surface area contributed by atoms with Gasteiger partial charge in [0.05, 0.1) is 13.2 Å². The lowest BCUT2D eigenvalue weighted by molar-refractivity contribution is 0.0671. The molecule has 1 aromatic rings. The zero-order valence-electron chi connectivity index (χ0n) is 11.3. The van der Waals surface area contributed by atoms with Crippen LogP contribution in [0.5, 0.6) is 0 Å². The fourth-order valence-electron chi connectivity index (χ4n) is 1.66. The third-order valence-corrected chi connectivity index (χ3v) is 2.64. The Labute approximate surface area is 108 Å². The van der Waals surface area contributed by atoms with Gasteiger partial charge in [-0.3, -0.25) is 4.68 Å². The van der Waals surface area contributed by atoms with Crippen LogP contribution in [0.2, 0.25) is 0 Å². The van der Waals surface area contributed by atoms with Crippen LogP contribution >= 0.6 is 0 Å². The van der Waals surface area contributed by atoms with Gasteiger partial charge in [0, 0.05) is 32.7 Å². The van der Waals surface area contributed by atoms with E-state index >= 15 is 0 Å². The van der Waals surface area contributed by atoms with Gasteiger partial charge in [-0.15, -0.1) is 0 Å². The minimum Gasteiger partial charge on any atom is -0.382 e. The number of aryl methyl sites for hydroxylation is 1. The molecule has 0 fully saturated rings. The summed E-state index contributed by atoms with van der Waals surface area (Å²) in [6.45, 7) is 4.92. The highest BCUT2D eigenvalue weighted by Crippen LogP contribution is 2.02. The maximum Gasteiger partial charge on any atom is 0.138 e. The second-order valence-electron chi connectivity index (χ2n) is 4.26. The highest BCUT2D eigenvalue weighted by molar-refractivity contribution is 4.88. The predicted octanol–water partition coefficient (Wildman–Crippen LogP) is 0.611. The Morgan fingerprint density at radius 2 is 2.22 bits per heavy atom. The number of nitrogens with zero attached hydrogens (tertiary/aromatic N) is 3. The van der Waals surface area contributed by atoms with Gasteiger partial charge in [-0.1, -0.05) is 6.92 Å². The molecule has 0 bridgehead atoms. The molecule has 0 aliphatic carbocycles. The molecule has 1 unspecified atom stereocenters. The lowest BCUT2D eigenvalue weighted by atomic mass is 10.1. The number of aromatic nitrogens is 3. The molecule has 1 aromatic heterocycles. The molecule has 0 aliphatic rings. The average molecular weight is 256 g/mol. The van der Waals surface area contributed by atoms with E-state index in [1.54, 1.807) is 13.4 Å². The first-order valence-corrected chi connectivity index (χ1v) is 6.46. The second-order valence-corrected chi connectivity index (χ2v) is 4.26. The number of hydrogen-bond donors (Lipinski definition) is 1. The van der Waals surface area contributed by atoms with Crippen LogP contribution in [0.4, 0.5) is 0 Å². The first kappa shape index (κ1) is 15.1. The zero-order chi connectivity index (χ0) is 13.2. The summed E-state index contributed by atoms with van der Waals surface area (Å²) in [7, 11) is 1.66. The molecule has 0 amide bonds. The van der Waals surface area contributed by atoms with Crippen molar-refractivity contribution in [3.8, 4) is 0 Å². The van der Waals surface area contributed by atoms with Gasteiger partial charge in [0.2, 0.25) is 0 Å². The topological polar surface area (TPSA) is 75.2 Å². The summed E-state index contributed by atoms with van der Waals surface area (Å²) < 4.78 is 12.2. The minimum absolute atomic E-state index is 0.0624. The van der Waals surface area contributed by atoms with Gasteiger partial charge in [0.25, 0.3) is 0 Å². The Morgan fingerprint density at radius 1 is 1.39 bits per heavy atom. The number of rotatable bonds is 10. The van der Waals surface area contributed by atoms with E-state index in [0.717, 1.165) is 31.6 Å². The maximum atomic E-state index is 6.05. The van der Waals surface area contributed by atoms with Crippen LogP contribution in [0.15, 0.2) is 6.33 Å². The quantitative estimate of drug-likeness (QED) is 0.621. The Morgan fingerprint density at radius 3 is 2.94 bits per heavy atom. The third-order valence-electron chi connectivity index (χ3n) is 2.64. The minimum atomic E-state index is 0.0624. The van der Waals surface area contributed by atoms with E-state index in [0.29, 0.717) is 19.8 Å². The van der Waals surface area contributed by atoms with Crippen molar-refractivity contribution >= 4 is 0 Å². The van der Waals surface area contributed by atoms with E-state index in [1.165, 1.54) is 0 Å². The van der Waals surface area contributed by atoms with Crippen molar-refractivity contribution in [2.45, 2.75) is 38.8 Å². The first-order chi connectivity index (χ1) is 8.77. The number of ether oxygens (including phenoxy) is 2. The van der Waals surface area contributed by atoms with Gasteiger partial charge >= 0.3 is 0 Å². The van der Waals surface area contributed by atoms with Gasteiger partial charge in [-0.2, -0.15) is 5.10 Å². The van der Waals surface area contributed by atoms with Crippen molar-refractivity contribution < 1.29 is 9.47 Å². The van der Waals surface area contributed by atoms with Crippen LogP contribution in [-0.2, 0) is 22.4 Å². The monoisotopic (exact) mass is 256 g/mol. The molecule has 18 heavy (non-hydrogen) atoms. The third kappa shape index (κ3) is 5.57. The Bertz CT molecular complexity index is 317. The highest BCUT2D eigenvalue weighted by atomic mass is 16.5. The van der Waals surface area contributed by atoms with Crippen molar-refractivity contribution in [1.29, 1.82) is 0 Å². The van der Waals surface area contributed by atoms with Crippen molar-refractivity contribution in [1.82, 2.24) is 14.8 Å². The fourth-order valence-corrected chi connectivity index (χ4v) is 1.66. The lowest BCUT2D eigenvalue weighted by Crippen LogP contribution is -2.26. The molecule has 104 valence electrons. The molecule has 0 aliphatic heterocycles. The van der Waals surface area contributed by atoms with Crippen LogP contribution in [0.3, 0.4) is 0 Å². The van der Waals surface area contributed by atoms with Gasteiger partial charge in [0.1, 0.15) is 12.2 Å². The summed E-state index contributed by atoms with van der Waals surface area (Å²) in [6, 6.07) is 0.0624. The van der Waals surface area contributed by atoms with Crippen LogP contribution in [0.1, 0.15) is 25.6 Å². The molecule has 2 N–H and O–H groups in total. The van der Waals surface area contributed by atoms with Gasteiger partial charge < -0.3 is 15.2 Å². The largest absolute Gasteiger partial charge is 0.382 e. The van der Waals surface area contributed by atoms with Crippen LogP contribution in [-0.4, -0.2) is 47.7 Å². The smallest absolute Gasteiger partial charge is 0.138 e. The van der Waals surface area contributed by atoms with Crippen LogP contribution < -0.4 is 5.73 Å².